The zero-order valence-corrected chi connectivity index (χ0v) is 22.0. The molecule has 0 aromatic carbocycles. The van der Waals surface area contributed by atoms with Gasteiger partial charge < -0.3 is 28.4 Å². The average molecular weight is 509 g/mol. The van der Waals surface area contributed by atoms with Crippen molar-refractivity contribution in [1.29, 1.82) is 0 Å². The Bertz CT molecular complexity index is 981. The Kier molecular flexibility index (Phi) is 6.75. The van der Waals surface area contributed by atoms with Crippen molar-refractivity contribution >= 4 is 23.9 Å². The van der Waals surface area contributed by atoms with Crippen molar-refractivity contribution in [3.8, 4) is 0 Å². The predicted octanol–water partition coefficient (Wildman–Crippen LogP) is 2.26. The van der Waals surface area contributed by atoms with Crippen LogP contribution in [0.2, 0.25) is 0 Å². The summed E-state index contributed by atoms with van der Waals surface area (Å²) in [5, 5.41) is 0. The van der Waals surface area contributed by atoms with Crippen LogP contribution in [0.15, 0.2) is 11.6 Å². The molecule has 8 unspecified atom stereocenters. The van der Waals surface area contributed by atoms with Crippen molar-refractivity contribution in [2.24, 2.45) is 16.7 Å². The number of rotatable bonds is 7. The highest BCUT2D eigenvalue weighted by Gasteiger charge is 2.87. The molecule has 4 aliphatic rings. The molecule has 0 aromatic heterocycles. The number of ether oxygens (including phenoxy) is 6. The second-order valence-electron chi connectivity index (χ2n) is 11.1. The van der Waals surface area contributed by atoms with Gasteiger partial charge in [0.25, 0.3) is 0 Å². The predicted molar refractivity (Wildman–Crippen MR) is 123 cm³/mol. The van der Waals surface area contributed by atoms with E-state index in [2.05, 4.69) is 0 Å². The third kappa shape index (κ3) is 4.02. The Morgan fingerprint density at radius 2 is 1.69 bits per heavy atom. The summed E-state index contributed by atoms with van der Waals surface area (Å²) < 4.78 is 35.7. The quantitative estimate of drug-likeness (QED) is 0.219. The topological polar surface area (TPSA) is 127 Å². The molecule has 2 bridgehead atoms. The summed E-state index contributed by atoms with van der Waals surface area (Å²) in [5.41, 5.74) is -2.15. The van der Waals surface area contributed by atoms with E-state index in [-0.39, 0.29) is 31.3 Å². The maximum absolute atomic E-state index is 12.6. The van der Waals surface area contributed by atoms with Crippen molar-refractivity contribution in [3.05, 3.63) is 11.6 Å². The fourth-order valence-corrected chi connectivity index (χ4v) is 6.55. The molecule has 1 saturated carbocycles. The molecule has 10 heteroatoms. The van der Waals surface area contributed by atoms with Crippen LogP contribution in [0.25, 0.3) is 0 Å². The fourth-order valence-electron chi connectivity index (χ4n) is 6.55. The van der Waals surface area contributed by atoms with Crippen molar-refractivity contribution in [1.82, 2.24) is 0 Å². The summed E-state index contributed by atoms with van der Waals surface area (Å²) >= 11 is 0. The minimum absolute atomic E-state index is 0.0894. The first kappa shape index (κ1) is 26.6. The molecule has 10 nitrogen and oxygen atoms in total. The van der Waals surface area contributed by atoms with Crippen LogP contribution in [0.5, 0.6) is 0 Å². The largest absolute Gasteiger partial charge is 0.465 e. The van der Waals surface area contributed by atoms with E-state index in [1.807, 2.05) is 33.8 Å². The molecule has 2 heterocycles. The van der Waals surface area contributed by atoms with Crippen LogP contribution < -0.4 is 0 Å². The van der Waals surface area contributed by atoms with Crippen LogP contribution in [0.3, 0.4) is 0 Å². The molecule has 0 radical (unpaired) electrons. The molecular weight excluding hydrogens is 472 g/mol. The molecule has 0 N–H and O–H groups in total. The van der Waals surface area contributed by atoms with Gasteiger partial charge in [-0.2, -0.15) is 0 Å². The summed E-state index contributed by atoms with van der Waals surface area (Å²) in [5.74, 6) is -1.79. The highest BCUT2D eigenvalue weighted by atomic mass is 16.7. The molecule has 0 aromatic rings. The van der Waals surface area contributed by atoms with Gasteiger partial charge >= 0.3 is 23.9 Å². The van der Waals surface area contributed by atoms with E-state index < -0.39 is 64.9 Å². The number of carbonyl (C=O) groups excluding carboxylic acids is 4. The SMILES string of the molecule is CC(=O)OCC12CC(OC(=O)CC(C)C)C(C)=CC1OC1C(OC(C)=O)C(OC(C)=O)C2(C)C12CO2. The van der Waals surface area contributed by atoms with Gasteiger partial charge in [-0.05, 0) is 18.4 Å². The van der Waals surface area contributed by atoms with Crippen LogP contribution in [0, 0.1) is 16.7 Å². The van der Waals surface area contributed by atoms with Gasteiger partial charge in [-0.25, -0.2) is 0 Å². The third-order valence-electron chi connectivity index (χ3n) is 8.28. The molecular formula is C26H36O10. The van der Waals surface area contributed by atoms with E-state index in [1.54, 1.807) is 0 Å². The number of epoxide rings is 1. The average Bonchev–Trinajstić information content (AvgIpc) is 3.52. The zero-order valence-electron chi connectivity index (χ0n) is 22.0. The fraction of sp³-hybridized carbons (Fsp3) is 0.769. The Balaban J connectivity index is 1.83. The molecule has 2 aliphatic heterocycles. The van der Waals surface area contributed by atoms with Crippen molar-refractivity contribution in [2.45, 2.75) is 97.4 Å². The van der Waals surface area contributed by atoms with Gasteiger partial charge in [0, 0.05) is 33.6 Å². The van der Waals surface area contributed by atoms with Crippen molar-refractivity contribution < 1.29 is 47.6 Å². The van der Waals surface area contributed by atoms with Gasteiger partial charge in [0.15, 0.2) is 12.2 Å². The lowest BCUT2D eigenvalue weighted by molar-refractivity contribution is -0.241. The van der Waals surface area contributed by atoms with Gasteiger partial charge in [0.2, 0.25) is 0 Å². The molecule has 4 rings (SSSR count). The van der Waals surface area contributed by atoms with Gasteiger partial charge in [-0.3, -0.25) is 19.2 Å². The first-order valence-electron chi connectivity index (χ1n) is 12.4. The van der Waals surface area contributed by atoms with Crippen LogP contribution in [-0.2, 0) is 47.6 Å². The Hall–Kier alpha value is -2.46. The van der Waals surface area contributed by atoms with E-state index in [4.69, 9.17) is 28.4 Å². The normalized spacial score (nSPS) is 40.2. The summed E-state index contributed by atoms with van der Waals surface area (Å²) in [4.78, 5) is 49.0. The molecule has 200 valence electrons. The van der Waals surface area contributed by atoms with E-state index in [1.165, 1.54) is 20.8 Å². The molecule has 36 heavy (non-hydrogen) atoms. The highest BCUT2D eigenvalue weighted by molar-refractivity contribution is 5.70. The second kappa shape index (κ2) is 9.13. The monoisotopic (exact) mass is 508 g/mol. The number of hydrogen-bond acceptors (Lipinski definition) is 10. The lowest BCUT2D eigenvalue weighted by atomic mass is 9.51. The standard InChI is InChI=1S/C26H36O10/c1-13(2)8-20(30)35-18-10-25(11-31-15(4)27)19(9-14(18)3)36-23-21(33-16(5)28)22(34-17(6)29)24(25,7)26(23)12-32-26/h9,13,18-19,21-23H,8,10-12H2,1-7H3. The number of fused-ring (bicyclic) bond motifs is 2. The molecule has 2 aliphatic carbocycles. The molecule has 8 atom stereocenters. The maximum atomic E-state index is 12.6. The first-order chi connectivity index (χ1) is 16.8. The van der Waals surface area contributed by atoms with Gasteiger partial charge in [0.1, 0.15) is 24.4 Å². The summed E-state index contributed by atoms with van der Waals surface area (Å²) in [6, 6.07) is 0. The van der Waals surface area contributed by atoms with Gasteiger partial charge in [0.05, 0.1) is 23.5 Å². The van der Waals surface area contributed by atoms with Crippen LogP contribution in [-0.4, -0.2) is 73.2 Å². The summed E-state index contributed by atoms with van der Waals surface area (Å²) in [7, 11) is 0. The zero-order chi connectivity index (χ0) is 26.6. The van der Waals surface area contributed by atoms with Crippen molar-refractivity contribution in [2.75, 3.05) is 13.2 Å². The number of hydrogen-bond donors (Lipinski definition) is 0. The molecule has 0 amide bonds. The summed E-state index contributed by atoms with van der Waals surface area (Å²) in [6.45, 7) is 11.7. The van der Waals surface area contributed by atoms with Crippen LogP contribution in [0.1, 0.15) is 61.3 Å². The van der Waals surface area contributed by atoms with Crippen LogP contribution in [0.4, 0.5) is 0 Å². The Labute approximate surface area is 210 Å². The molecule has 2 saturated heterocycles. The van der Waals surface area contributed by atoms with Gasteiger partial charge in [-0.1, -0.05) is 26.8 Å². The second-order valence-corrected chi connectivity index (χ2v) is 11.1. The lowest BCUT2D eigenvalue weighted by Crippen LogP contribution is -2.68. The minimum atomic E-state index is -1.01. The van der Waals surface area contributed by atoms with E-state index in [0.29, 0.717) is 6.61 Å². The third-order valence-corrected chi connectivity index (χ3v) is 8.28. The van der Waals surface area contributed by atoms with Gasteiger partial charge in [-0.15, -0.1) is 0 Å². The molecule has 1 spiro atoms. The van der Waals surface area contributed by atoms with E-state index >= 15 is 0 Å². The molecule has 3 fully saturated rings. The Morgan fingerprint density at radius 1 is 1.06 bits per heavy atom. The maximum Gasteiger partial charge on any atom is 0.306 e. The van der Waals surface area contributed by atoms with Crippen LogP contribution >= 0.6 is 0 Å². The number of carbonyl (C=O) groups is 4. The lowest BCUT2D eigenvalue weighted by Gasteiger charge is -2.58. The number of esters is 4. The van der Waals surface area contributed by atoms with Crippen molar-refractivity contribution in [3.63, 3.8) is 0 Å². The van der Waals surface area contributed by atoms with E-state index in [9.17, 15) is 19.2 Å². The summed E-state index contributed by atoms with van der Waals surface area (Å²) in [6.07, 6.45) is -1.38. The van der Waals surface area contributed by atoms with E-state index in [0.717, 1.165) is 5.57 Å². The first-order valence-corrected chi connectivity index (χ1v) is 12.4. The highest BCUT2D eigenvalue weighted by Crippen LogP contribution is 2.72. The minimum Gasteiger partial charge on any atom is -0.465 e. The smallest absolute Gasteiger partial charge is 0.306 e. The Morgan fingerprint density at radius 3 is 2.22 bits per heavy atom.